The van der Waals surface area contributed by atoms with Gasteiger partial charge in [0.15, 0.2) is 5.78 Å². The smallest absolute Gasteiger partial charge is 0.187 e. The summed E-state index contributed by atoms with van der Waals surface area (Å²) in [5.41, 5.74) is 3.88. The van der Waals surface area contributed by atoms with Crippen molar-refractivity contribution in [2.75, 3.05) is 13.1 Å². The van der Waals surface area contributed by atoms with Crippen molar-refractivity contribution >= 4 is 49.8 Å². The number of hydrogen-bond donors (Lipinski definition) is 0. The van der Waals surface area contributed by atoms with Crippen molar-refractivity contribution in [1.82, 2.24) is 4.90 Å². The highest BCUT2D eigenvalue weighted by Crippen LogP contribution is 2.26. The lowest BCUT2D eigenvalue weighted by atomic mass is 9.94. The number of benzene rings is 3. The minimum atomic E-state index is -0.352. The number of piperidine rings is 1. The van der Waals surface area contributed by atoms with E-state index in [1.165, 1.54) is 12.1 Å². The number of carbonyl (C=O) groups excluding carboxylic acids is 1. The van der Waals surface area contributed by atoms with Crippen LogP contribution in [0.4, 0.5) is 8.78 Å². The van der Waals surface area contributed by atoms with E-state index in [2.05, 4.69) is 48.9 Å². The van der Waals surface area contributed by atoms with Gasteiger partial charge in [-0.1, -0.05) is 42.5 Å². The summed E-state index contributed by atoms with van der Waals surface area (Å²) < 4.78 is 28.0. The molecule has 6 heteroatoms. The topological polar surface area (TPSA) is 20.3 Å². The van der Waals surface area contributed by atoms with E-state index in [0.717, 1.165) is 16.7 Å². The van der Waals surface area contributed by atoms with Crippen LogP contribution in [-0.4, -0.2) is 23.8 Å². The van der Waals surface area contributed by atoms with E-state index in [9.17, 15) is 13.6 Å². The Labute approximate surface area is 202 Å². The molecule has 0 N–H and O–H groups in total. The Bertz CT molecular complexity index is 1150. The Hall–Kier alpha value is -2.41. The number of halogens is 4. The van der Waals surface area contributed by atoms with E-state index >= 15 is 0 Å². The number of Topliss-reactive ketones (excluding diaryl/α,β-unsaturated/α-hetero) is 1. The second-order valence-electron chi connectivity index (χ2n) is 7.65. The molecule has 2 nitrogen and oxygen atoms in total. The summed E-state index contributed by atoms with van der Waals surface area (Å²) in [6.07, 6.45) is 3.61. The highest BCUT2D eigenvalue weighted by Gasteiger charge is 2.26. The summed E-state index contributed by atoms with van der Waals surface area (Å²) in [4.78, 5) is 15.5. The Morgan fingerprint density at radius 2 is 1.28 bits per heavy atom. The second-order valence-corrected chi connectivity index (χ2v) is 9.35. The monoisotopic (exact) mass is 557 g/mol. The van der Waals surface area contributed by atoms with Crippen molar-refractivity contribution in [1.29, 1.82) is 0 Å². The fourth-order valence-electron chi connectivity index (χ4n) is 3.67. The van der Waals surface area contributed by atoms with Gasteiger partial charge in [-0.25, -0.2) is 8.78 Å². The first-order chi connectivity index (χ1) is 15.4. The van der Waals surface area contributed by atoms with Gasteiger partial charge in [0.2, 0.25) is 0 Å². The number of ketones is 1. The molecule has 0 radical (unpaired) electrons. The highest BCUT2D eigenvalue weighted by molar-refractivity contribution is 9.10. The van der Waals surface area contributed by atoms with Crippen LogP contribution in [0.25, 0.3) is 12.2 Å². The second kappa shape index (κ2) is 10.0. The molecule has 0 aromatic heterocycles. The van der Waals surface area contributed by atoms with Crippen molar-refractivity contribution < 1.29 is 13.6 Å². The lowest BCUT2D eigenvalue weighted by molar-refractivity contribution is -0.113. The third kappa shape index (κ3) is 5.49. The summed E-state index contributed by atoms with van der Waals surface area (Å²) >= 11 is 6.41. The van der Waals surface area contributed by atoms with Crippen molar-refractivity contribution in [2.24, 2.45) is 0 Å². The zero-order chi connectivity index (χ0) is 22.7. The van der Waals surface area contributed by atoms with Gasteiger partial charge < -0.3 is 0 Å². The number of hydrogen-bond acceptors (Lipinski definition) is 2. The van der Waals surface area contributed by atoms with Gasteiger partial charge in [-0.3, -0.25) is 9.69 Å². The molecule has 0 aliphatic carbocycles. The van der Waals surface area contributed by atoms with Gasteiger partial charge in [0, 0.05) is 30.8 Å². The number of rotatable bonds is 4. The van der Waals surface area contributed by atoms with E-state index < -0.39 is 0 Å². The quantitative estimate of drug-likeness (QED) is 0.320. The Morgan fingerprint density at radius 3 is 1.75 bits per heavy atom. The molecule has 1 heterocycles. The molecule has 3 aromatic rings. The van der Waals surface area contributed by atoms with Gasteiger partial charge in [-0.2, -0.15) is 0 Å². The zero-order valence-electron chi connectivity index (χ0n) is 17.0. The molecule has 162 valence electrons. The van der Waals surface area contributed by atoms with E-state index in [4.69, 9.17) is 0 Å². The fourth-order valence-corrected chi connectivity index (χ4v) is 4.46. The summed E-state index contributed by atoms with van der Waals surface area (Å²) in [5.74, 6) is -0.763. The molecule has 0 saturated carbocycles. The largest absolute Gasteiger partial charge is 0.290 e. The van der Waals surface area contributed by atoms with E-state index in [0.29, 0.717) is 39.7 Å². The molecule has 0 unspecified atom stereocenters. The summed E-state index contributed by atoms with van der Waals surface area (Å²) in [7, 11) is 0. The maximum Gasteiger partial charge on any atom is 0.187 e. The fraction of sp³-hybridized carbons (Fsp3) is 0.115. The summed E-state index contributed by atoms with van der Waals surface area (Å²) in [6.45, 7) is 1.64. The molecule has 1 aliphatic rings. The first kappa shape index (κ1) is 22.8. The Kier molecular flexibility index (Phi) is 7.13. The van der Waals surface area contributed by atoms with Gasteiger partial charge in [-0.05, 0) is 85.0 Å². The molecule has 0 atom stereocenters. The third-order valence-corrected chi connectivity index (χ3v) is 6.40. The molecular formula is C26H19Br2F2NO. The predicted octanol–water partition coefficient (Wildman–Crippen LogP) is 7.04. The van der Waals surface area contributed by atoms with Crippen molar-refractivity contribution in [3.8, 4) is 0 Å². The van der Waals surface area contributed by atoms with Crippen molar-refractivity contribution in [3.63, 3.8) is 0 Å². The number of carbonyl (C=O) groups is 1. The molecule has 1 aliphatic heterocycles. The van der Waals surface area contributed by atoms with Crippen LogP contribution in [0.1, 0.15) is 16.7 Å². The minimum absolute atomic E-state index is 0.0600. The zero-order valence-corrected chi connectivity index (χ0v) is 20.2. The molecule has 32 heavy (non-hydrogen) atoms. The van der Waals surface area contributed by atoms with E-state index in [1.807, 2.05) is 18.2 Å². The first-order valence-electron chi connectivity index (χ1n) is 10.0. The van der Waals surface area contributed by atoms with Crippen LogP contribution >= 0.6 is 31.9 Å². The van der Waals surface area contributed by atoms with Gasteiger partial charge >= 0.3 is 0 Å². The average Bonchev–Trinajstić information content (AvgIpc) is 2.77. The molecule has 4 rings (SSSR count). The molecular weight excluding hydrogens is 540 g/mol. The van der Waals surface area contributed by atoms with Crippen LogP contribution in [0.5, 0.6) is 0 Å². The SMILES string of the molecule is O=C1/C(=C/c2ccc(F)c(Br)c2)CN(Cc2ccccc2)C/C1=C\c1ccc(F)c(Br)c1. The standard InChI is InChI=1S/C26H19Br2F2NO/c27-22-12-18(6-8-24(22)29)10-20-15-31(14-17-4-2-1-3-5-17)16-21(26(20)32)11-19-7-9-25(30)23(28)13-19/h1-13H,14-16H2/b20-10+,21-11+. The van der Waals surface area contributed by atoms with E-state index in [-0.39, 0.29) is 17.4 Å². The maximum absolute atomic E-state index is 13.6. The molecule has 1 saturated heterocycles. The molecule has 3 aromatic carbocycles. The summed E-state index contributed by atoms with van der Waals surface area (Å²) in [6, 6.07) is 19.4. The lowest BCUT2D eigenvalue weighted by Crippen LogP contribution is -2.37. The molecule has 1 fully saturated rings. The average molecular weight is 559 g/mol. The van der Waals surface area contributed by atoms with Crippen LogP contribution in [0.2, 0.25) is 0 Å². The van der Waals surface area contributed by atoms with Crippen LogP contribution in [0, 0.1) is 11.6 Å². The normalized spacial score (nSPS) is 17.3. The van der Waals surface area contributed by atoms with Crippen LogP contribution in [0.3, 0.4) is 0 Å². The molecule has 0 amide bonds. The third-order valence-electron chi connectivity index (χ3n) is 5.19. The first-order valence-corrected chi connectivity index (χ1v) is 11.6. The molecule has 0 spiro atoms. The van der Waals surface area contributed by atoms with Crippen LogP contribution in [-0.2, 0) is 11.3 Å². The van der Waals surface area contributed by atoms with Crippen LogP contribution < -0.4 is 0 Å². The van der Waals surface area contributed by atoms with Gasteiger partial charge in [0.05, 0.1) is 8.95 Å². The highest BCUT2D eigenvalue weighted by atomic mass is 79.9. The maximum atomic E-state index is 13.6. The van der Waals surface area contributed by atoms with E-state index in [1.54, 1.807) is 36.4 Å². The van der Waals surface area contributed by atoms with Gasteiger partial charge in [0.1, 0.15) is 11.6 Å². The molecule has 0 bridgehead atoms. The van der Waals surface area contributed by atoms with Crippen molar-refractivity contribution in [3.05, 3.63) is 115 Å². The minimum Gasteiger partial charge on any atom is -0.290 e. The number of likely N-dealkylation sites (tertiary alicyclic amines) is 1. The predicted molar refractivity (Wildman–Crippen MR) is 131 cm³/mol. The van der Waals surface area contributed by atoms with Gasteiger partial charge in [-0.15, -0.1) is 0 Å². The Balaban J connectivity index is 1.70. The van der Waals surface area contributed by atoms with Gasteiger partial charge in [0.25, 0.3) is 0 Å². The van der Waals surface area contributed by atoms with Crippen LogP contribution in [0.15, 0.2) is 86.8 Å². The summed E-state index contributed by atoms with van der Waals surface area (Å²) in [5, 5.41) is 0. The number of nitrogens with zero attached hydrogens (tertiary/aromatic N) is 1. The lowest BCUT2D eigenvalue weighted by Gasteiger charge is -2.30. The van der Waals surface area contributed by atoms with Crippen molar-refractivity contribution in [2.45, 2.75) is 6.54 Å². The Morgan fingerprint density at radius 1 is 0.781 bits per heavy atom.